The lowest BCUT2D eigenvalue weighted by atomic mass is 10.1. The Hall–Kier alpha value is -1.70. The molecule has 0 heterocycles. The van der Waals surface area contributed by atoms with Crippen molar-refractivity contribution >= 4 is 18.5 Å². The lowest BCUT2D eigenvalue weighted by Gasteiger charge is -2.25. The molecule has 0 radical (unpaired) electrons. The molecule has 0 bridgehead atoms. The molecule has 0 fully saturated rings. The second-order valence-electron chi connectivity index (χ2n) is 5.00. The minimum Gasteiger partial charge on any atom is -0.325 e. The summed E-state index contributed by atoms with van der Waals surface area (Å²) < 4.78 is 19.2. The fraction of sp³-hybridized carbons (Fsp3) is 0.278. The number of Topliss-reactive ketones (excluding diaryl/α,β-unsaturated/α-hetero) is 1. The molecule has 0 spiro atoms. The highest BCUT2D eigenvalue weighted by Crippen LogP contribution is 2.53. The van der Waals surface area contributed by atoms with Gasteiger partial charge in [0.15, 0.2) is 5.78 Å². The van der Waals surface area contributed by atoms with Gasteiger partial charge in [0.1, 0.15) is 5.66 Å². The number of carbonyl (C=O) groups excluding carboxylic acids is 1. The van der Waals surface area contributed by atoms with E-state index in [0.29, 0.717) is 23.9 Å². The summed E-state index contributed by atoms with van der Waals surface area (Å²) in [5, 5.41) is 0.605. The Morgan fingerprint density at radius 3 is 2.05 bits per heavy atom. The third-order valence-corrected chi connectivity index (χ3v) is 6.67. The Morgan fingerprint density at radius 2 is 1.55 bits per heavy atom. The molecule has 2 aromatic carbocycles. The average molecular weight is 316 g/mol. The summed E-state index contributed by atoms with van der Waals surface area (Å²) in [5.41, 5.74) is -0.0811. The smallest absolute Gasteiger partial charge is 0.242 e. The molecule has 0 aliphatic rings. The first-order valence-corrected chi connectivity index (χ1v) is 9.22. The van der Waals surface area contributed by atoms with E-state index in [9.17, 15) is 9.36 Å². The molecular formula is C18H21O3P. The minimum absolute atomic E-state index is 0.122. The zero-order valence-electron chi connectivity index (χ0n) is 12.9. The first-order valence-electron chi connectivity index (χ1n) is 7.52. The van der Waals surface area contributed by atoms with Gasteiger partial charge in [-0.3, -0.25) is 9.36 Å². The van der Waals surface area contributed by atoms with Crippen LogP contribution >= 0.6 is 7.37 Å². The second kappa shape index (κ2) is 7.53. The van der Waals surface area contributed by atoms with Crippen molar-refractivity contribution in [2.75, 3.05) is 6.61 Å². The van der Waals surface area contributed by atoms with E-state index in [0.717, 1.165) is 0 Å². The monoisotopic (exact) mass is 316 g/mol. The van der Waals surface area contributed by atoms with E-state index in [1.165, 1.54) is 0 Å². The molecule has 3 nitrogen and oxygen atoms in total. The molecule has 0 N–H and O–H groups in total. The maximum atomic E-state index is 13.5. The molecule has 2 atom stereocenters. The van der Waals surface area contributed by atoms with Crippen LogP contribution < -0.4 is 5.30 Å². The molecule has 0 saturated heterocycles. The van der Waals surface area contributed by atoms with E-state index >= 15 is 0 Å². The molecule has 2 unspecified atom stereocenters. The highest BCUT2D eigenvalue weighted by molar-refractivity contribution is 7.68. The Labute approximate surface area is 131 Å². The van der Waals surface area contributed by atoms with Crippen LogP contribution in [0.15, 0.2) is 60.7 Å². The summed E-state index contributed by atoms with van der Waals surface area (Å²) in [6.07, 6.45) is 0.472. The fourth-order valence-corrected chi connectivity index (χ4v) is 5.15. The minimum atomic E-state index is -3.25. The van der Waals surface area contributed by atoms with Gasteiger partial charge in [0.05, 0.1) is 6.61 Å². The van der Waals surface area contributed by atoms with Crippen LogP contribution in [0.2, 0.25) is 0 Å². The van der Waals surface area contributed by atoms with Crippen molar-refractivity contribution in [1.29, 1.82) is 0 Å². The van der Waals surface area contributed by atoms with Gasteiger partial charge in [-0.05, 0) is 25.5 Å². The molecular weight excluding hydrogens is 295 g/mol. The highest BCUT2D eigenvalue weighted by Gasteiger charge is 2.39. The summed E-state index contributed by atoms with van der Waals surface area (Å²) in [6.45, 7) is 3.99. The predicted molar refractivity (Wildman–Crippen MR) is 90.2 cm³/mol. The number of rotatable bonds is 7. The van der Waals surface area contributed by atoms with Crippen LogP contribution in [0.4, 0.5) is 0 Å². The molecule has 0 amide bonds. The van der Waals surface area contributed by atoms with Crippen LogP contribution in [0.3, 0.4) is 0 Å². The van der Waals surface area contributed by atoms with Crippen LogP contribution in [0, 0.1) is 0 Å². The second-order valence-corrected chi connectivity index (χ2v) is 7.60. The van der Waals surface area contributed by atoms with E-state index in [4.69, 9.17) is 4.52 Å². The molecule has 0 aromatic heterocycles. The molecule has 22 heavy (non-hydrogen) atoms. The SMILES string of the molecule is CCOP(=O)(c1ccccc1)C(CC)C(=O)c1ccccc1. The molecule has 0 aliphatic heterocycles. The Balaban J connectivity index is 2.45. The Morgan fingerprint density at radius 1 is 1.00 bits per heavy atom. The van der Waals surface area contributed by atoms with Crippen LogP contribution in [0.1, 0.15) is 30.6 Å². The van der Waals surface area contributed by atoms with Crippen molar-refractivity contribution in [3.05, 3.63) is 66.2 Å². The molecule has 2 rings (SSSR count). The molecule has 4 heteroatoms. The third-order valence-electron chi connectivity index (χ3n) is 3.59. The normalized spacial score (nSPS) is 15.0. The number of ketones is 1. The quantitative estimate of drug-likeness (QED) is 0.565. The van der Waals surface area contributed by atoms with Crippen molar-refractivity contribution in [3.63, 3.8) is 0 Å². The zero-order valence-corrected chi connectivity index (χ0v) is 13.8. The van der Waals surface area contributed by atoms with Gasteiger partial charge in [-0.2, -0.15) is 0 Å². The largest absolute Gasteiger partial charge is 0.325 e. The van der Waals surface area contributed by atoms with Crippen LogP contribution in [-0.2, 0) is 9.09 Å². The lowest BCUT2D eigenvalue weighted by molar-refractivity contribution is 0.0980. The van der Waals surface area contributed by atoms with E-state index < -0.39 is 13.0 Å². The standard InChI is InChI=1S/C18H21O3P/c1-3-17(18(19)15-11-7-5-8-12-15)22(20,21-4-2)16-13-9-6-10-14-16/h5-14,17H,3-4H2,1-2H3. The average Bonchev–Trinajstić information content (AvgIpc) is 2.57. The Kier molecular flexibility index (Phi) is 5.70. The fourth-order valence-electron chi connectivity index (χ4n) is 2.55. The summed E-state index contributed by atoms with van der Waals surface area (Å²) >= 11 is 0. The van der Waals surface area contributed by atoms with Crippen LogP contribution in [-0.4, -0.2) is 18.0 Å². The van der Waals surface area contributed by atoms with Gasteiger partial charge in [0.25, 0.3) is 0 Å². The van der Waals surface area contributed by atoms with E-state index in [1.807, 2.05) is 43.3 Å². The van der Waals surface area contributed by atoms with Crippen molar-refractivity contribution < 1.29 is 13.9 Å². The van der Waals surface area contributed by atoms with Crippen LogP contribution in [0.5, 0.6) is 0 Å². The maximum absolute atomic E-state index is 13.5. The summed E-state index contributed by atoms with van der Waals surface area (Å²) in [7, 11) is -3.25. The number of hydrogen-bond acceptors (Lipinski definition) is 3. The van der Waals surface area contributed by atoms with Crippen molar-refractivity contribution in [1.82, 2.24) is 0 Å². The lowest BCUT2D eigenvalue weighted by Crippen LogP contribution is -2.27. The third kappa shape index (κ3) is 3.37. The number of hydrogen-bond donors (Lipinski definition) is 0. The topological polar surface area (TPSA) is 43.4 Å². The van der Waals surface area contributed by atoms with Gasteiger partial charge in [-0.15, -0.1) is 0 Å². The first kappa shape index (κ1) is 16.7. The van der Waals surface area contributed by atoms with E-state index in [2.05, 4.69) is 0 Å². The summed E-state index contributed by atoms with van der Waals surface area (Å²) in [4.78, 5) is 12.8. The van der Waals surface area contributed by atoms with Gasteiger partial charge < -0.3 is 4.52 Å². The van der Waals surface area contributed by atoms with E-state index in [-0.39, 0.29) is 5.78 Å². The summed E-state index contributed by atoms with van der Waals surface area (Å²) in [6, 6.07) is 18.0. The first-order chi connectivity index (χ1) is 10.6. The predicted octanol–water partition coefficient (Wildman–Crippen LogP) is 4.29. The van der Waals surface area contributed by atoms with Gasteiger partial charge in [0.2, 0.25) is 7.37 Å². The summed E-state index contributed by atoms with van der Waals surface area (Å²) in [5.74, 6) is -0.122. The number of benzene rings is 2. The van der Waals surface area contributed by atoms with Crippen LogP contribution in [0.25, 0.3) is 0 Å². The Bertz CT molecular complexity index is 653. The zero-order chi connectivity index (χ0) is 16.0. The van der Waals surface area contributed by atoms with Crippen molar-refractivity contribution in [2.24, 2.45) is 0 Å². The molecule has 116 valence electrons. The van der Waals surface area contributed by atoms with Crippen molar-refractivity contribution in [3.8, 4) is 0 Å². The van der Waals surface area contributed by atoms with Gasteiger partial charge in [-0.1, -0.05) is 55.5 Å². The molecule has 0 aliphatic carbocycles. The maximum Gasteiger partial charge on any atom is 0.242 e. The van der Waals surface area contributed by atoms with Gasteiger partial charge in [0, 0.05) is 10.9 Å². The van der Waals surface area contributed by atoms with E-state index in [1.54, 1.807) is 31.2 Å². The van der Waals surface area contributed by atoms with Gasteiger partial charge in [-0.25, -0.2) is 0 Å². The molecule has 0 saturated carbocycles. The molecule has 2 aromatic rings. The highest BCUT2D eigenvalue weighted by atomic mass is 31.2. The van der Waals surface area contributed by atoms with Crippen molar-refractivity contribution in [2.45, 2.75) is 25.9 Å². The van der Waals surface area contributed by atoms with Gasteiger partial charge >= 0.3 is 0 Å². The number of carbonyl (C=O) groups is 1.